The summed E-state index contributed by atoms with van der Waals surface area (Å²) < 4.78 is 12.3. The highest BCUT2D eigenvalue weighted by Crippen LogP contribution is 2.41. The molecule has 0 aromatic heterocycles. The first kappa shape index (κ1) is 13.4. The SMILES string of the molecule is CC[C@@H](Cc1ccccc1)N(C)P(=O)(O)O. The number of hydrogen-bond acceptors (Lipinski definition) is 1. The summed E-state index contributed by atoms with van der Waals surface area (Å²) in [5.41, 5.74) is 1.09. The summed E-state index contributed by atoms with van der Waals surface area (Å²) in [6.45, 7) is 1.93. The second-order valence-electron chi connectivity index (χ2n) is 3.84. The van der Waals surface area contributed by atoms with Gasteiger partial charge in [0.2, 0.25) is 0 Å². The average Bonchev–Trinajstić information content (AvgIpc) is 2.25. The topological polar surface area (TPSA) is 60.8 Å². The van der Waals surface area contributed by atoms with E-state index in [2.05, 4.69) is 0 Å². The molecule has 0 fully saturated rings. The Bertz CT molecular complexity index is 363. The lowest BCUT2D eigenvalue weighted by Crippen LogP contribution is -2.30. The molecule has 0 aliphatic carbocycles. The van der Waals surface area contributed by atoms with Gasteiger partial charge in [-0.15, -0.1) is 0 Å². The summed E-state index contributed by atoms with van der Waals surface area (Å²) in [5, 5.41) is 0. The van der Waals surface area contributed by atoms with Crippen molar-refractivity contribution in [2.75, 3.05) is 7.05 Å². The van der Waals surface area contributed by atoms with Gasteiger partial charge in [-0.2, -0.15) is 0 Å². The van der Waals surface area contributed by atoms with E-state index in [0.29, 0.717) is 12.8 Å². The van der Waals surface area contributed by atoms with Crippen molar-refractivity contribution in [3.05, 3.63) is 35.9 Å². The third kappa shape index (κ3) is 3.72. The van der Waals surface area contributed by atoms with Gasteiger partial charge in [-0.25, -0.2) is 9.24 Å². The van der Waals surface area contributed by atoms with Crippen molar-refractivity contribution in [1.29, 1.82) is 0 Å². The van der Waals surface area contributed by atoms with E-state index in [1.54, 1.807) is 0 Å². The molecule has 0 radical (unpaired) electrons. The zero-order chi connectivity index (χ0) is 12.2. The maximum atomic E-state index is 11.1. The van der Waals surface area contributed by atoms with Crippen LogP contribution in [0.15, 0.2) is 30.3 Å². The smallest absolute Gasteiger partial charge is 0.312 e. The standard InChI is InChI=1S/C11H18NO3P/c1-3-11(12(2)16(13,14)15)9-10-7-5-4-6-8-10/h4-8,11H,3,9H2,1-2H3,(H2,13,14,15)/t11-/m0/s1. The van der Waals surface area contributed by atoms with E-state index in [0.717, 1.165) is 10.2 Å². The van der Waals surface area contributed by atoms with Gasteiger partial charge in [0.15, 0.2) is 0 Å². The Morgan fingerprint density at radius 2 is 1.88 bits per heavy atom. The first-order valence-electron chi connectivity index (χ1n) is 5.28. The molecule has 1 aromatic carbocycles. The average molecular weight is 243 g/mol. The summed E-state index contributed by atoms with van der Waals surface area (Å²) in [7, 11) is -2.66. The van der Waals surface area contributed by atoms with E-state index >= 15 is 0 Å². The second kappa shape index (κ2) is 5.60. The van der Waals surface area contributed by atoms with Crippen LogP contribution in [0.4, 0.5) is 0 Å². The van der Waals surface area contributed by atoms with Gasteiger partial charge in [-0.3, -0.25) is 0 Å². The molecule has 1 rings (SSSR count). The van der Waals surface area contributed by atoms with Crippen LogP contribution in [0.25, 0.3) is 0 Å². The molecular formula is C11H18NO3P. The van der Waals surface area contributed by atoms with Crippen LogP contribution in [0.3, 0.4) is 0 Å². The van der Waals surface area contributed by atoms with Crippen LogP contribution in [0.1, 0.15) is 18.9 Å². The first-order valence-corrected chi connectivity index (χ1v) is 6.84. The fourth-order valence-corrected chi connectivity index (χ4v) is 2.31. The molecule has 2 N–H and O–H groups in total. The third-order valence-corrected chi connectivity index (χ3v) is 3.87. The molecule has 1 aromatic rings. The van der Waals surface area contributed by atoms with E-state index in [-0.39, 0.29) is 6.04 Å². The lowest BCUT2D eigenvalue weighted by atomic mass is 10.0. The largest absolute Gasteiger partial charge is 0.403 e. The predicted molar refractivity (Wildman–Crippen MR) is 64.0 cm³/mol. The lowest BCUT2D eigenvalue weighted by Gasteiger charge is -2.27. The molecule has 0 bridgehead atoms. The molecule has 0 aliphatic heterocycles. The Labute approximate surface area is 96.1 Å². The number of rotatable bonds is 5. The minimum atomic E-state index is -4.13. The van der Waals surface area contributed by atoms with Crippen molar-refractivity contribution in [2.24, 2.45) is 0 Å². The number of likely N-dealkylation sites (N-methyl/N-ethyl adjacent to an activating group) is 1. The van der Waals surface area contributed by atoms with Crippen LogP contribution < -0.4 is 0 Å². The molecule has 0 saturated heterocycles. The van der Waals surface area contributed by atoms with Crippen LogP contribution in [0.5, 0.6) is 0 Å². The maximum absolute atomic E-state index is 11.1. The highest BCUT2D eigenvalue weighted by molar-refractivity contribution is 7.49. The van der Waals surface area contributed by atoms with Gasteiger partial charge in [0.05, 0.1) is 0 Å². The summed E-state index contributed by atoms with van der Waals surface area (Å²) in [6.07, 6.45) is 1.36. The third-order valence-electron chi connectivity index (χ3n) is 2.72. The van der Waals surface area contributed by atoms with Crippen molar-refractivity contribution in [1.82, 2.24) is 4.67 Å². The summed E-state index contributed by atoms with van der Waals surface area (Å²) >= 11 is 0. The van der Waals surface area contributed by atoms with Gasteiger partial charge in [-0.05, 0) is 25.5 Å². The normalized spacial score (nSPS) is 14.1. The monoisotopic (exact) mass is 243 g/mol. The summed E-state index contributed by atoms with van der Waals surface area (Å²) in [5.74, 6) is 0. The Morgan fingerprint density at radius 1 is 1.31 bits per heavy atom. The van der Waals surface area contributed by atoms with Crippen molar-refractivity contribution in [3.8, 4) is 0 Å². The molecule has 0 spiro atoms. The van der Waals surface area contributed by atoms with E-state index in [9.17, 15) is 4.57 Å². The van der Waals surface area contributed by atoms with Gasteiger partial charge in [0, 0.05) is 6.04 Å². The van der Waals surface area contributed by atoms with Gasteiger partial charge in [0.25, 0.3) is 0 Å². The van der Waals surface area contributed by atoms with E-state index in [1.165, 1.54) is 7.05 Å². The zero-order valence-electron chi connectivity index (χ0n) is 9.58. The van der Waals surface area contributed by atoms with Crippen molar-refractivity contribution in [2.45, 2.75) is 25.8 Å². The second-order valence-corrected chi connectivity index (χ2v) is 5.50. The fraction of sp³-hybridized carbons (Fsp3) is 0.455. The van der Waals surface area contributed by atoms with E-state index < -0.39 is 7.75 Å². The van der Waals surface area contributed by atoms with Crippen molar-refractivity contribution in [3.63, 3.8) is 0 Å². The molecule has 1 atom stereocenters. The Kier molecular flexibility index (Phi) is 4.69. The van der Waals surface area contributed by atoms with Crippen LogP contribution in [-0.4, -0.2) is 27.5 Å². The summed E-state index contributed by atoms with van der Waals surface area (Å²) in [6, 6.07) is 9.59. The molecular weight excluding hydrogens is 225 g/mol. The first-order chi connectivity index (χ1) is 7.45. The number of benzene rings is 1. The van der Waals surface area contributed by atoms with Gasteiger partial charge >= 0.3 is 7.75 Å². The maximum Gasteiger partial charge on any atom is 0.403 e. The minimum absolute atomic E-state index is 0.136. The zero-order valence-corrected chi connectivity index (χ0v) is 10.5. The molecule has 4 nitrogen and oxygen atoms in total. The van der Waals surface area contributed by atoms with Crippen LogP contribution >= 0.6 is 7.75 Å². The number of nitrogens with zero attached hydrogens (tertiary/aromatic N) is 1. The fourth-order valence-electron chi connectivity index (χ4n) is 1.64. The van der Waals surface area contributed by atoms with E-state index in [4.69, 9.17) is 9.79 Å². The Hall–Kier alpha value is -0.670. The molecule has 0 unspecified atom stereocenters. The highest BCUT2D eigenvalue weighted by Gasteiger charge is 2.27. The Morgan fingerprint density at radius 3 is 2.31 bits per heavy atom. The highest BCUT2D eigenvalue weighted by atomic mass is 31.2. The van der Waals surface area contributed by atoms with Crippen LogP contribution in [0.2, 0.25) is 0 Å². The molecule has 0 aliphatic rings. The molecule has 5 heteroatoms. The Balaban J connectivity index is 2.74. The van der Waals surface area contributed by atoms with Crippen LogP contribution in [-0.2, 0) is 11.0 Å². The summed E-state index contributed by atoms with van der Waals surface area (Å²) in [4.78, 5) is 18.2. The van der Waals surface area contributed by atoms with E-state index in [1.807, 2.05) is 37.3 Å². The van der Waals surface area contributed by atoms with Gasteiger partial charge in [0.1, 0.15) is 0 Å². The molecule has 0 heterocycles. The van der Waals surface area contributed by atoms with Crippen LogP contribution in [0, 0.1) is 0 Å². The minimum Gasteiger partial charge on any atom is -0.312 e. The van der Waals surface area contributed by atoms with Gasteiger partial charge < -0.3 is 9.79 Å². The van der Waals surface area contributed by atoms with Crippen molar-refractivity contribution < 1.29 is 14.4 Å². The van der Waals surface area contributed by atoms with Gasteiger partial charge in [-0.1, -0.05) is 37.3 Å². The molecule has 0 amide bonds. The predicted octanol–water partition coefficient (Wildman–Crippen LogP) is 2.03. The molecule has 0 saturated carbocycles. The van der Waals surface area contributed by atoms with Crippen molar-refractivity contribution >= 4 is 7.75 Å². The molecule has 16 heavy (non-hydrogen) atoms. The quantitative estimate of drug-likeness (QED) is 0.777. The molecule has 90 valence electrons. The lowest BCUT2D eigenvalue weighted by molar-refractivity contribution is 0.248. The number of hydrogen-bond donors (Lipinski definition) is 2.